The Morgan fingerprint density at radius 2 is 1.52 bits per heavy atom. The van der Waals surface area contributed by atoms with Crippen molar-refractivity contribution in [2.45, 2.75) is 52.4 Å². The number of rotatable bonds is 6. The first-order valence-electron chi connectivity index (χ1n) is 9.59. The minimum absolute atomic E-state index is 1.16. The highest BCUT2D eigenvalue weighted by Crippen LogP contribution is 2.30. The lowest BCUT2D eigenvalue weighted by atomic mass is 9.90. The quantitative estimate of drug-likeness (QED) is 0.509. The van der Waals surface area contributed by atoms with Crippen molar-refractivity contribution in [3.8, 4) is 11.1 Å². The van der Waals surface area contributed by atoms with Crippen molar-refractivity contribution in [3.05, 3.63) is 71.3 Å². The van der Waals surface area contributed by atoms with Crippen LogP contribution in [0.4, 0.5) is 0 Å². The molecular formula is C24H29P. The number of hydrogen-bond acceptors (Lipinski definition) is 0. The average molecular weight is 348 g/mol. The van der Waals surface area contributed by atoms with Crippen LogP contribution in [0.5, 0.6) is 0 Å². The molecule has 2 aromatic rings. The summed E-state index contributed by atoms with van der Waals surface area (Å²) in [6, 6.07) is 15.9. The van der Waals surface area contributed by atoms with Crippen molar-refractivity contribution in [1.82, 2.24) is 0 Å². The van der Waals surface area contributed by atoms with Crippen LogP contribution in [0.25, 0.3) is 16.7 Å². The van der Waals surface area contributed by atoms with E-state index in [1.54, 1.807) is 5.57 Å². The highest BCUT2D eigenvalue weighted by molar-refractivity contribution is 7.28. The van der Waals surface area contributed by atoms with E-state index in [1.807, 2.05) is 0 Å². The Morgan fingerprint density at radius 3 is 2.12 bits per heavy atom. The van der Waals surface area contributed by atoms with Crippen LogP contribution in [0.2, 0.25) is 0 Å². The van der Waals surface area contributed by atoms with Gasteiger partial charge in [0.25, 0.3) is 0 Å². The molecule has 1 atom stereocenters. The highest BCUT2D eigenvalue weighted by atomic mass is 31.0. The zero-order valence-electron chi connectivity index (χ0n) is 15.5. The smallest absolute Gasteiger partial charge is 0.0112 e. The molecule has 130 valence electrons. The molecule has 1 heteroatoms. The number of benzene rings is 2. The fourth-order valence-electron chi connectivity index (χ4n) is 3.62. The molecule has 0 aliphatic heterocycles. The molecular weight excluding hydrogens is 319 g/mol. The summed E-state index contributed by atoms with van der Waals surface area (Å²) in [5.74, 6) is 0. The summed E-state index contributed by atoms with van der Waals surface area (Å²) in [6.07, 6.45) is 11.9. The van der Waals surface area contributed by atoms with E-state index >= 15 is 0 Å². The van der Waals surface area contributed by atoms with Crippen LogP contribution < -0.4 is 5.30 Å². The van der Waals surface area contributed by atoms with E-state index in [0.717, 1.165) is 6.42 Å². The first-order chi connectivity index (χ1) is 12.2. The second-order valence-corrected chi connectivity index (χ2v) is 7.64. The first-order valence-corrected chi connectivity index (χ1v) is 10.2. The van der Waals surface area contributed by atoms with Crippen LogP contribution in [-0.2, 0) is 6.42 Å². The number of aryl methyl sites for hydroxylation is 1. The molecule has 25 heavy (non-hydrogen) atoms. The van der Waals surface area contributed by atoms with Gasteiger partial charge < -0.3 is 0 Å². The third-order valence-corrected chi connectivity index (χ3v) is 5.51. The monoisotopic (exact) mass is 348 g/mol. The van der Waals surface area contributed by atoms with E-state index in [4.69, 9.17) is 0 Å². The van der Waals surface area contributed by atoms with Gasteiger partial charge in [-0.1, -0.05) is 80.8 Å². The van der Waals surface area contributed by atoms with E-state index in [-0.39, 0.29) is 0 Å². The Labute approximate surface area is 155 Å². The lowest BCUT2D eigenvalue weighted by Crippen LogP contribution is -2.01. The molecule has 0 fully saturated rings. The summed E-state index contributed by atoms with van der Waals surface area (Å²) >= 11 is 0. The van der Waals surface area contributed by atoms with E-state index in [1.165, 1.54) is 65.2 Å². The molecule has 0 saturated heterocycles. The summed E-state index contributed by atoms with van der Waals surface area (Å²) in [6.45, 7) is 4.49. The molecule has 0 amide bonds. The van der Waals surface area contributed by atoms with Gasteiger partial charge in [-0.05, 0) is 64.9 Å². The van der Waals surface area contributed by atoms with Gasteiger partial charge in [0.2, 0.25) is 0 Å². The van der Waals surface area contributed by atoms with Crippen molar-refractivity contribution in [1.29, 1.82) is 0 Å². The number of hydrogen-bond donors (Lipinski definition) is 0. The normalized spacial score (nSPS) is 14.2. The van der Waals surface area contributed by atoms with Gasteiger partial charge in [-0.25, -0.2) is 0 Å². The molecule has 1 unspecified atom stereocenters. The fourth-order valence-corrected chi connectivity index (χ4v) is 4.06. The summed E-state index contributed by atoms with van der Waals surface area (Å²) in [5.41, 5.74) is 8.47. The standard InChI is InChI=1S/C24H29P/c1-3-5-18-7-11-20(12-8-18)22-15-16-23(24(25)17-22)21-13-9-19(6-4-2)10-14-21/h7,9-11,13-17H,3-6,8,12,25H2,1-2H3. The molecule has 0 aromatic heterocycles. The van der Waals surface area contributed by atoms with Crippen molar-refractivity contribution in [2.24, 2.45) is 0 Å². The molecule has 0 heterocycles. The minimum atomic E-state index is 1.16. The Hall–Kier alpha value is -1.65. The SMILES string of the molecule is CCCC1=CC=C(c2ccc(-c3ccc(CCC)cc3)c(P)c2)CC1. The molecule has 3 rings (SSSR count). The van der Waals surface area contributed by atoms with Gasteiger partial charge in [0.05, 0.1) is 0 Å². The summed E-state index contributed by atoms with van der Waals surface area (Å²) in [7, 11) is 2.93. The third kappa shape index (κ3) is 4.50. The van der Waals surface area contributed by atoms with Crippen LogP contribution in [0.3, 0.4) is 0 Å². The summed E-state index contributed by atoms with van der Waals surface area (Å²) in [5, 5.41) is 1.28. The second kappa shape index (κ2) is 8.63. The molecule has 1 aliphatic rings. The van der Waals surface area contributed by atoms with Crippen molar-refractivity contribution in [3.63, 3.8) is 0 Å². The van der Waals surface area contributed by atoms with Crippen LogP contribution in [0.15, 0.2) is 60.2 Å². The maximum absolute atomic E-state index is 2.93. The molecule has 0 nitrogen and oxygen atoms in total. The Kier molecular flexibility index (Phi) is 6.27. The topological polar surface area (TPSA) is 0 Å². The van der Waals surface area contributed by atoms with Gasteiger partial charge in [-0.15, -0.1) is 9.24 Å². The Morgan fingerprint density at radius 1 is 0.800 bits per heavy atom. The molecule has 0 bridgehead atoms. The van der Waals surface area contributed by atoms with Gasteiger partial charge in [-0.3, -0.25) is 0 Å². The van der Waals surface area contributed by atoms with E-state index in [2.05, 4.69) is 77.7 Å². The van der Waals surface area contributed by atoms with Crippen LogP contribution in [0.1, 0.15) is 57.1 Å². The van der Waals surface area contributed by atoms with Crippen LogP contribution in [0, 0.1) is 0 Å². The Bertz CT molecular complexity index is 778. The van der Waals surface area contributed by atoms with E-state index < -0.39 is 0 Å². The van der Waals surface area contributed by atoms with Crippen LogP contribution >= 0.6 is 9.24 Å². The largest absolute Gasteiger partial charge is 0.105 e. The van der Waals surface area contributed by atoms with E-state index in [9.17, 15) is 0 Å². The third-order valence-electron chi connectivity index (χ3n) is 5.03. The predicted octanol–water partition coefficient (Wildman–Crippen LogP) is 6.71. The molecule has 0 spiro atoms. The first kappa shape index (κ1) is 18.2. The number of allylic oxidation sites excluding steroid dienone is 4. The van der Waals surface area contributed by atoms with Crippen molar-refractivity contribution < 1.29 is 0 Å². The zero-order valence-corrected chi connectivity index (χ0v) is 16.7. The average Bonchev–Trinajstić information content (AvgIpc) is 2.64. The second-order valence-electron chi connectivity index (χ2n) is 7.02. The van der Waals surface area contributed by atoms with Gasteiger partial charge >= 0.3 is 0 Å². The molecule has 2 aromatic carbocycles. The fraction of sp³-hybridized carbons (Fsp3) is 0.333. The van der Waals surface area contributed by atoms with E-state index in [0.29, 0.717) is 0 Å². The maximum atomic E-state index is 2.93. The molecule has 0 saturated carbocycles. The predicted molar refractivity (Wildman–Crippen MR) is 115 cm³/mol. The minimum Gasteiger partial charge on any atom is -0.105 e. The Balaban J connectivity index is 1.81. The van der Waals surface area contributed by atoms with Gasteiger partial charge in [0, 0.05) is 0 Å². The highest BCUT2D eigenvalue weighted by Gasteiger charge is 2.10. The summed E-state index contributed by atoms with van der Waals surface area (Å²) < 4.78 is 0. The van der Waals surface area contributed by atoms with Crippen LogP contribution in [-0.4, -0.2) is 0 Å². The van der Waals surface area contributed by atoms with Gasteiger partial charge in [0.15, 0.2) is 0 Å². The zero-order chi connectivity index (χ0) is 17.6. The van der Waals surface area contributed by atoms with Gasteiger partial charge in [-0.2, -0.15) is 0 Å². The molecule has 1 aliphatic carbocycles. The van der Waals surface area contributed by atoms with Crippen molar-refractivity contribution >= 4 is 20.1 Å². The van der Waals surface area contributed by atoms with Crippen molar-refractivity contribution in [2.75, 3.05) is 0 Å². The maximum Gasteiger partial charge on any atom is -0.0112 e. The molecule has 0 N–H and O–H groups in total. The van der Waals surface area contributed by atoms with Gasteiger partial charge in [0.1, 0.15) is 0 Å². The lowest BCUT2D eigenvalue weighted by molar-refractivity contribution is 0.827. The summed E-state index contributed by atoms with van der Waals surface area (Å²) in [4.78, 5) is 0. The lowest BCUT2D eigenvalue weighted by Gasteiger charge is -2.16. The molecule has 0 radical (unpaired) electrons.